The van der Waals surface area contributed by atoms with Gasteiger partial charge in [-0.1, -0.05) is 36.4 Å². The van der Waals surface area contributed by atoms with E-state index in [2.05, 4.69) is 27.1 Å². The van der Waals surface area contributed by atoms with Gasteiger partial charge in [0.1, 0.15) is 5.69 Å². The zero-order valence-electron chi connectivity index (χ0n) is 16.5. The van der Waals surface area contributed by atoms with Crippen molar-refractivity contribution in [1.29, 1.82) is 0 Å². The van der Waals surface area contributed by atoms with E-state index in [1.54, 1.807) is 12.3 Å². The number of nitrogens with one attached hydrogen (secondary N) is 1. The maximum Gasteiger partial charge on any atom is 0.274 e. The lowest BCUT2D eigenvalue weighted by Crippen LogP contribution is -2.44. The molecule has 0 saturated carbocycles. The predicted octanol–water partition coefficient (Wildman–Crippen LogP) is 3.33. The molecule has 29 heavy (non-hydrogen) atoms. The van der Waals surface area contributed by atoms with E-state index in [4.69, 9.17) is 5.73 Å². The van der Waals surface area contributed by atoms with Crippen molar-refractivity contribution >= 4 is 23.0 Å². The third kappa shape index (κ3) is 4.38. The Morgan fingerprint density at radius 2 is 1.72 bits per heavy atom. The van der Waals surface area contributed by atoms with Crippen molar-refractivity contribution in [2.24, 2.45) is 0 Å². The Morgan fingerprint density at radius 1 is 0.966 bits per heavy atom. The highest BCUT2D eigenvalue weighted by molar-refractivity contribution is 6.05. The van der Waals surface area contributed by atoms with Crippen molar-refractivity contribution in [2.75, 3.05) is 49.2 Å². The van der Waals surface area contributed by atoms with E-state index in [1.807, 2.05) is 54.6 Å². The van der Waals surface area contributed by atoms with Crippen molar-refractivity contribution in [1.82, 2.24) is 9.88 Å². The van der Waals surface area contributed by atoms with E-state index in [1.165, 1.54) is 0 Å². The summed E-state index contributed by atoms with van der Waals surface area (Å²) in [5, 5.41) is 2.89. The summed E-state index contributed by atoms with van der Waals surface area (Å²) < 4.78 is 0. The second-order valence-corrected chi connectivity index (χ2v) is 7.31. The third-order valence-corrected chi connectivity index (χ3v) is 5.26. The summed E-state index contributed by atoms with van der Waals surface area (Å²) in [7, 11) is 2.13. The molecular formula is C23H25N5O. The first kappa shape index (κ1) is 19.0. The summed E-state index contributed by atoms with van der Waals surface area (Å²) in [5.41, 5.74) is 10.7. The number of nitrogens with two attached hydrogens (primary N) is 1. The number of pyridine rings is 1. The number of likely N-dealkylation sites (N-methyl/N-ethyl adjacent to an activating group) is 1. The van der Waals surface area contributed by atoms with Crippen molar-refractivity contribution in [2.45, 2.75) is 0 Å². The molecule has 6 heteroatoms. The molecule has 0 spiro atoms. The van der Waals surface area contributed by atoms with Gasteiger partial charge in [0.15, 0.2) is 0 Å². The van der Waals surface area contributed by atoms with Gasteiger partial charge in [-0.15, -0.1) is 0 Å². The fourth-order valence-corrected chi connectivity index (χ4v) is 3.43. The molecule has 148 valence electrons. The molecule has 0 radical (unpaired) electrons. The van der Waals surface area contributed by atoms with Crippen LogP contribution in [0.2, 0.25) is 0 Å². The van der Waals surface area contributed by atoms with Gasteiger partial charge in [0.2, 0.25) is 0 Å². The molecule has 0 unspecified atom stereocenters. The first-order valence-corrected chi connectivity index (χ1v) is 9.76. The van der Waals surface area contributed by atoms with E-state index in [9.17, 15) is 4.79 Å². The van der Waals surface area contributed by atoms with E-state index in [-0.39, 0.29) is 5.91 Å². The molecule has 1 amide bonds. The largest absolute Gasteiger partial charge is 0.397 e. The lowest BCUT2D eigenvalue weighted by atomic mass is 10.0. The van der Waals surface area contributed by atoms with Crippen LogP contribution in [0.5, 0.6) is 0 Å². The number of hydrogen-bond donors (Lipinski definition) is 2. The zero-order chi connectivity index (χ0) is 20.2. The van der Waals surface area contributed by atoms with E-state index in [0.29, 0.717) is 17.1 Å². The second kappa shape index (κ2) is 8.32. The van der Waals surface area contributed by atoms with Crippen LogP contribution in [0, 0.1) is 0 Å². The zero-order valence-corrected chi connectivity index (χ0v) is 16.5. The van der Waals surface area contributed by atoms with Gasteiger partial charge in [0.05, 0.1) is 23.3 Å². The molecule has 1 aliphatic rings. The van der Waals surface area contributed by atoms with Gasteiger partial charge in [-0.3, -0.25) is 4.79 Å². The lowest BCUT2D eigenvalue weighted by molar-refractivity contribution is 0.102. The highest BCUT2D eigenvalue weighted by Gasteiger charge is 2.16. The number of carbonyl (C=O) groups excluding carboxylic acids is 1. The number of benzene rings is 2. The number of carbonyl (C=O) groups is 1. The van der Waals surface area contributed by atoms with Crippen LogP contribution in [0.25, 0.3) is 11.1 Å². The molecule has 1 aliphatic heterocycles. The first-order chi connectivity index (χ1) is 14.1. The highest BCUT2D eigenvalue weighted by atomic mass is 16.1. The molecule has 3 N–H and O–H groups in total. The Morgan fingerprint density at radius 3 is 2.41 bits per heavy atom. The number of hydrogen-bond acceptors (Lipinski definition) is 5. The molecule has 1 saturated heterocycles. The number of nitrogen functional groups attached to an aromatic ring is 1. The van der Waals surface area contributed by atoms with Gasteiger partial charge >= 0.3 is 0 Å². The molecule has 4 rings (SSSR count). The summed E-state index contributed by atoms with van der Waals surface area (Å²) in [5.74, 6) is -0.271. The molecule has 1 aromatic heterocycles. The lowest BCUT2D eigenvalue weighted by Gasteiger charge is -2.33. The van der Waals surface area contributed by atoms with Crippen LogP contribution in [-0.2, 0) is 0 Å². The molecule has 1 fully saturated rings. The van der Waals surface area contributed by atoms with Crippen molar-refractivity contribution in [3.05, 3.63) is 72.6 Å². The Hall–Kier alpha value is -3.38. The average Bonchev–Trinajstić information content (AvgIpc) is 2.76. The van der Waals surface area contributed by atoms with Crippen LogP contribution in [0.4, 0.5) is 17.1 Å². The van der Waals surface area contributed by atoms with Gasteiger partial charge in [-0.2, -0.15) is 0 Å². The predicted molar refractivity (Wildman–Crippen MR) is 118 cm³/mol. The monoisotopic (exact) mass is 387 g/mol. The maximum absolute atomic E-state index is 12.7. The standard InChI is InChI=1S/C23H25N5O/c1-27-11-13-28(14-12-27)19-8-10-21(25-16-19)23(29)26-22-15-18(7-9-20(22)24)17-5-3-2-4-6-17/h2-10,15-16H,11-14,24H2,1H3,(H,26,29). The Bertz CT molecular complexity index is 980. The smallest absolute Gasteiger partial charge is 0.274 e. The van der Waals surface area contributed by atoms with E-state index < -0.39 is 0 Å². The van der Waals surface area contributed by atoms with E-state index in [0.717, 1.165) is 43.0 Å². The number of anilines is 3. The topological polar surface area (TPSA) is 74.5 Å². The highest BCUT2D eigenvalue weighted by Crippen LogP contribution is 2.27. The van der Waals surface area contributed by atoms with Crippen LogP contribution in [0.3, 0.4) is 0 Å². The minimum absolute atomic E-state index is 0.271. The van der Waals surface area contributed by atoms with Crippen molar-refractivity contribution in [3.8, 4) is 11.1 Å². The van der Waals surface area contributed by atoms with Crippen LogP contribution < -0.4 is 16.0 Å². The molecule has 6 nitrogen and oxygen atoms in total. The number of aromatic nitrogens is 1. The van der Waals surface area contributed by atoms with Crippen LogP contribution in [0.1, 0.15) is 10.5 Å². The Balaban J connectivity index is 1.48. The van der Waals surface area contributed by atoms with Crippen LogP contribution in [-0.4, -0.2) is 49.0 Å². The first-order valence-electron chi connectivity index (χ1n) is 9.76. The number of rotatable bonds is 4. The molecule has 2 aromatic carbocycles. The molecule has 0 bridgehead atoms. The number of amides is 1. The minimum atomic E-state index is -0.271. The van der Waals surface area contributed by atoms with Gasteiger partial charge < -0.3 is 20.9 Å². The van der Waals surface area contributed by atoms with Crippen LogP contribution in [0.15, 0.2) is 66.9 Å². The minimum Gasteiger partial charge on any atom is -0.397 e. The van der Waals surface area contributed by atoms with Crippen molar-refractivity contribution in [3.63, 3.8) is 0 Å². The summed E-state index contributed by atoms with van der Waals surface area (Å²) in [4.78, 5) is 21.7. The summed E-state index contributed by atoms with van der Waals surface area (Å²) in [6, 6.07) is 19.3. The second-order valence-electron chi connectivity index (χ2n) is 7.31. The Labute approximate surface area is 171 Å². The number of piperazine rings is 1. The molecule has 0 aliphatic carbocycles. The summed E-state index contributed by atoms with van der Waals surface area (Å²) in [6.07, 6.45) is 1.77. The summed E-state index contributed by atoms with van der Waals surface area (Å²) >= 11 is 0. The maximum atomic E-state index is 12.7. The number of nitrogens with zero attached hydrogens (tertiary/aromatic N) is 3. The van der Waals surface area contributed by atoms with Gasteiger partial charge in [-0.05, 0) is 42.4 Å². The molecular weight excluding hydrogens is 362 g/mol. The summed E-state index contributed by atoms with van der Waals surface area (Å²) in [6.45, 7) is 3.98. The van der Waals surface area contributed by atoms with Gasteiger partial charge in [0.25, 0.3) is 5.91 Å². The van der Waals surface area contributed by atoms with Gasteiger partial charge in [-0.25, -0.2) is 4.98 Å². The Kier molecular flexibility index (Phi) is 5.44. The van der Waals surface area contributed by atoms with Crippen LogP contribution >= 0.6 is 0 Å². The fourth-order valence-electron chi connectivity index (χ4n) is 3.43. The van der Waals surface area contributed by atoms with Gasteiger partial charge in [0, 0.05) is 26.2 Å². The quantitative estimate of drug-likeness (QED) is 0.672. The molecule has 3 aromatic rings. The van der Waals surface area contributed by atoms with E-state index >= 15 is 0 Å². The fraction of sp³-hybridized carbons (Fsp3) is 0.217. The van der Waals surface area contributed by atoms with Crippen molar-refractivity contribution < 1.29 is 4.79 Å². The SMILES string of the molecule is CN1CCN(c2ccc(C(=O)Nc3cc(-c4ccccc4)ccc3N)nc2)CC1. The normalized spacial score (nSPS) is 14.6. The molecule has 0 atom stereocenters. The molecule has 2 heterocycles. The average molecular weight is 387 g/mol. The third-order valence-electron chi connectivity index (χ3n) is 5.26.